The molecule has 0 amide bonds. The summed E-state index contributed by atoms with van der Waals surface area (Å²) in [6.45, 7) is 4.54. The van der Waals surface area contributed by atoms with Crippen LogP contribution in [0.5, 0.6) is 0 Å². The van der Waals surface area contributed by atoms with Gasteiger partial charge in [0.15, 0.2) is 0 Å². The lowest BCUT2D eigenvalue weighted by Crippen LogP contribution is -1.63. The van der Waals surface area contributed by atoms with Gasteiger partial charge in [0.05, 0.1) is 0 Å². The molecule has 0 aromatic rings. The fourth-order valence-electron chi connectivity index (χ4n) is 0.280. The van der Waals surface area contributed by atoms with Crippen LogP contribution in [0.15, 0.2) is 11.6 Å². The summed E-state index contributed by atoms with van der Waals surface area (Å²) in [7, 11) is 0. The largest absolute Gasteiger partial charge is 0.244 e. The molecule has 0 rings (SSSR count). The number of allylic oxidation sites excluding steroid dienone is 2. The minimum Gasteiger partial charge on any atom is -0.244 e. The van der Waals surface area contributed by atoms with Crippen molar-refractivity contribution in [2.45, 2.75) is 20.3 Å². The molecule has 0 aliphatic carbocycles. The van der Waals surface area contributed by atoms with Crippen LogP contribution >= 0.6 is 0 Å². The van der Waals surface area contributed by atoms with E-state index in [4.69, 9.17) is 0 Å². The molecule has 0 unspecified atom stereocenters. The lowest BCUT2D eigenvalue weighted by Gasteiger charge is -1.82. The van der Waals surface area contributed by atoms with Crippen molar-refractivity contribution in [3.63, 3.8) is 0 Å². The summed E-state index contributed by atoms with van der Waals surface area (Å²) in [6, 6.07) is 0. The Morgan fingerprint density at radius 1 is 1.57 bits per heavy atom. The van der Waals surface area contributed by atoms with Crippen LogP contribution in [-0.2, 0) is 0 Å². The maximum atomic E-state index is 11.2. The van der Waals surface area contributed by atoms with Gasteiger partial charge in [-0.1, -0.05) is 11.6 Å². The first kappa shape index (κ1) is 6.67. The second kappa shape index (κ2) is 3.85. The molecule has 0 aliphatic rings. The molecule has 0 saturated carbocycles. The molecule has 0 saturated heterocycles. The zero-order valence-corrected chi connectivity index (χ0v) is 4.74. The van der Waals surface area contributed by atoms with Crippen LogP contribution in [0.2, 0.25) is 0 Å². The Morgan fingerprint density at radius 3 is 2.29 bits per heavy atom. The van der Waals surface area contributed by atoms with Gasteiger partial charge in [-0.15, -0.1) is 0 Å². The molecule has 7 heavy (non-hydrogen) atoms. The standard InChI is InChI=1S/C6H10F/c1-6(2)4-3-5-7/h4-5H,3H2,1-2H3. The summed E-state index contributed by atoms with van der Waals surface area (Å²) in [5.74, 6) is 0. The van der Waals surface area contributed by atoms with Gasteiger partial charge in [0, 0.05) is 0 Å². The first-order valence-electron chi connectivity index (χ1n) is 2.32. The van der Waals surface area contributed by atoms with E-state index in [0.29, 0.717) is 13.1 Å². The second-order valence-electron chi connectivity index (χ2n) is 1.67. The first-order chi connectivity index (χ1) is 3.27. The van der Waals surface area contributed by atoms with Crippen molar-refractivity contribution in [1.82, 2.24) is 0 Å². The third-order valence-corrected chi connectivity index (χ3v) is 0.615. The summed E-state index contributed by atoms with van der Waals surface area (Å²) in [5.41, 5.74) is 1.16. The molecule has 0 heterocycles. The van der Waals surface area contributed by atoms with E-state index in [1.54, 1.807) is 0 Å². The Kier molecular flexibility index (Phi) is 3.67. The SMILES string of the molecule is CC(C)=CC[CH]F. The Labute approximate surface area is 44.0 Å². The van der Waals surface area contributed by atoms with Gasteiger partial charge in [-0.05, 0) is 20.3 Å². The highest BCUT2D eigenvalue weighted by atomic mass is 19.1. The van der Waals surface area contributed by atoms with Gasteiger partial charge in [0.1, 0.15) is 6.67 Å². The van der Waals surface area contributed by atoms with E-state index < -0.39 is 0 Å². The minimum absolute atomic E-state index is 0.447. The smallest absolute Gasteiger partial charge is 0.135 e. The topological polar surface area (TPSA) is 0 Å². The molecule has 0 N–H and O–H groups in total. The molecule has 0 bridgehead atoms. The van der Waals surface area contributed by atoms with Crippen molar-refractivity contribution in [3.05, 3.63) is 18.3 Å². The molecule has 0 nitrogen and oxygen atoms in total. The van der Waals surface area contributed by atoms with Gasteiger partial charge in [-0.3, -0.25) is 0 Å². The van der Waals surface area contributed by atoms with Crippen molar-refractivity contribution < 1.29 is 4.39 Å². The Hall–Kier alpha value is -0.330. The van der Waals surface area contributed by atoms with Gasteiger partial charge >= 0.3 is 0 Å². The summed E-state index contributed by atoms with van der Waals surface area (Å²) >= 11 is 0. The maximum absolute atomic E-state index is 11.2. The van der Waals surface area contributed by atoms with Crippen LogP contribution in [-0.4, -0.2) is 0 Å². The van der Waals surface area contributed by atoms with Crippen molar-refractivity contribution in [2.75, 3.05) is 0 Å². The van der Waals surface area contributed by atoms with E-state index in [0.717, 1.165) is 5.57 Å². The lowest BCUT2D eigenvalue weighted by atomic mass is 10.3. The summed E-state index contributed by atoms with van der Waals surface area (Å²) in [5, 5.41) is 0. The Morgan fingerprint density at radius 2 is 2.14 bits per heavy atom. The molecule has 1 radical (unpaired) electrons. The van der Waals surface area contributed by atoms with Gasteiger partial charge in [-0.25, -0.2) is 4.39 Å². The number of hydrogen-bond donors (Lipinski definition) is 0. The fourth-order valence-corrected chi connectivity index (χ4v) is 0.280. The average molecular weight is 101 g/mol. The monoisotopic (exact) mass is 101 g/mol. The molecule has 0 aromatic heterocycles. The highest BCUT2D eigenvalue weighted by molar-refractivity contribution is 4.93. The normalized spacial score (nSPS) is 8.43. The quantitative estimate of drug-likeness (QED) is 0.469. The van der Waals surface area contributed by atoms with E-state index in [1.807, 2.05) is 19.9 Å². The van der Waals surface area contributed by atoms with Crippen LogP contribution in [0.25, 0.3) is 0 Å². The molecule has 0 aliphatic heterocycles. The maximum Gasteiger partial charge on any atom is 0.135 e. The lowest BCUT2D eigenvalue weighted by molar-refractivity contribution is 0.604. The molecular weight excluding hydrogens is 91.1 g/mol. The van der Waals surface area contributed by atoms with Crippen molar-refractivity contribution in [3.8, 4) is 0 Å². The molecule has 1 heteroatoms. The molecule has 0 fully saturated rings. The van der Waals surface area contributed by atoms with Crippen molar-refractivity contribution in [2.24, 2.45) is 0 Å². The minimum atomic E-state index is 0.447. The number of hydrogen-bond acceptors (Lipinski definition) is 0. The average Bonchev–Trinajstić information content (AvgIpc) is 1.61. The number of rotatable bonds is 2. The molecule has 0 atom stereocenters. The van der Waals surface area contributed by atoms with Gasteiger partial charge in [-0.2, -0.15) is 0 Å². The summed E-state index contributed by atoms with van der Waals surface area (Å²) < 4.78 is 11.2. The first-order valence-corrected chi connectivity index (χ1v) is 2.32. The molecule has 0 spiro atoms. The van der Waals surface area contributed by atoms with Crippen LogP contribution in [0.4, 0.5) is 4.39 Å². The summed E-state index contributed by atoms with van der Waals surface area (Å²) in [4.78, 5) is 0. The molecule has 0 aromatic carbocycles. The predicted octanol–water partition coefficient (Wildman–Crippen LogP) is 2.47. The van der Waals surface area contributed by atoms with E-state index in [9.17, 15) is 4.39 Å². The summed E-state index contributed by atoms with van der Waals surface area (Å²) in [6.07, 6.45) is 2.28. The zero-order valence-electron chi connectivity index (χ0n) is 4.74. The van der Waals surface area contributed by atoms with Crippen molar-refractivity contribution >= 4 is 0 Å². The van der Waals surface area contributed by atoms with Crippen LogP contribution in [0.1, 0.15) is 20.3 Å². The van der Waals surface area contributed by atoms with E-state index in [1.165, 1.54) is 0 Å². The molecule has 41 valence electrons. The highest BCUT2D eigenvalue weighted by Gasteiger charge is 1.76. The third-order valence-electron chi connectivity index (χ3n) is 0.615. The van der Waals surface area contributed by atoms with Gasteiger partial charge in [0.25, 0.3) is 0 Å². The van der Waals surface area contributed by atoms with Gasteiger partial charge < -0.3 is 0 Å². The van der Waals surface area contributed by atoms with E-state index in [-0.39, 0.29) is 0 Å². The fraction of sp³-hybridized carbons (Fsp3) is 0.500. The highest BCUT2D eigenvalue weighted by Crippen LogP contribution is 1.94. The van der Waals surface area contributed by atoms with Crippen LogP contribution in [0.3, 0.4) is 0 Å². The van der Waals surface area contributed by atoms with Gasteiger partial charge in [0.2, 0.25) is 0 Å². The van der Waals surface area contributed by atoms with Crippen molar-refractivity contribution in [1.29, 1.82) is 0 Å². The number of halogens is 1. The van der Waals surface area contributed by atoms with Crippen LogP contribution < -0.4 is 0 Å². The predicted molar refractivity (Wildman–Crippen MR) is 29.5 cm³/mol. The zero-order chi connectivity index (χ0) is 5.70. The third kappa shape index (κ3) is 5.67. The Balaban J connectivity index is 3.08. The van der Waals surface area contributed by atoms with E-state index >= 15 is 0 Å². The Bertz CT molecular complexity index is 60.6. The van der Waals surface area contributed by atoms with E-state index in [2.05, 4.69) is 0 Å². The molecular formula is C6H10F. The van der Waals surface area contributed by atoms with Crippen LogP contribution in [0, 0.1) is 6.67 Å². The second-order valence-corrected chi connectivity index (χ2v) is 1.67.